The van der Waals surface area contributed by atoms with Gasteiger partial charge in [0.15, 0.2) is 5.11 Å². The van der Waals surface area contributed by atoms with E-state index in [4.69, 9.17) is 21.7 Å². The Kier molecular flexibility index (Phi) is 7.22. The molecule has 1 unspecified atom stereocenters. The minimum atomic E-state index is -0.832. The molecule has 168 valence electrons. The molecular weight excluding hydrogens is 430 g/mol. The van der Waals surface area contributed by atoms with Crippen LogP contribution in [0.25, 0.3) is 0 Å². The molecule has 8 nitrogen and oxygen atoms in total. The highest BCUT2D eigenvalue weighted by molar-refractivity contribution is 7.80. The third-order valence-corrected chi connectivity index (χ3v) is 5.43. The van der Waals surface area contributed by atoms with Gasteiger partial charge in [-0.15, -0.1) is 0 Å². The van der Waals surface area contributed by atoms with Crippen LogP contribution in [0, 0.1) is 24.0 Å². The number of hydrogen-bond acceptors (Lipinski definition) is 6. The van der Waals surface area contributed by atoms with Crippen molar-refractivity contribution in [2.24, 2.45) is 0 Å². The summed E-state index contributed by atoms with van der Waals surface area (Å²) in [6.45, 7) is 6.02. The van der Waals surface area contributed by atoms with Crippen molar-refractivity contribution in [1.82, 2.24) is 5.32 Å². The molecule has 0 radical (unpaired) electrons. The summed E-state index contributed by atoms with van der Waals surface area (Å²) >= 11 is 5.64. The Hall–Kier alpha value is -3.30. The quantitative estimate of drug-likeness (QED) is 0.219. The minimum absolute atomic E-state index is 0.0592. The van der Waals surface area contributed by atoms with E-state index >= 15 is 0 Å². The van der Waals surface area contributed by atoms with Crippen molar-refractivity contribution >= 4 is 34.7 Å². The zero-order valence-electron chi connectivity index (χ0n) is 18.4. The first-order valence-electron chi connectivity index (χ1n) is 10.0. The third-order valence-electron chi connectivity index (χ3n) is 5.13. The van der Waals surface area contributed by atoms with E-state index in [9.17, 15) is 14.9 Å². The van der Waals surface area contributed by atoms with E-state index in [0.29, 0.717) is 16.4 Å². The molecule has 0 aliphatic carbocycles. The van der Waals surface area contributed by atoms with Gasteiger partial charge in [-0.05, 0) is 62.3 Å². The molecule has 0 saturated heterocycles. The predicted octanol–water partition coefficient (Wildman–Crippen LogP) is 4.11. The molecule has 1 aliphatic heterocycles. The number of carbonyl (C=O) groups excluding carboxylic acids is 1. The Balaban J connectivity index is 2.17. The normalized spacial score (nSPS) is 16.1. The molecular formula is C23H25N3O5S. The number of para-hydroxylation sites is 1. The van der Waals surface area contributed by atoms with E-state index in [-0.39, 0.29) is 24.5 Å². The predicted molar refractivity (Wildman–Crippen MR) is 126 cm³/mol. The molecule has 2 aromatic carbocycles. The van der Waals surface area contributed by atoms with Crippen molar-refractivity contribution in [1.29, 1.82) is 0 Å². The van der Waals surface area contributed by atoms with Gasteiger partial charge in [0.25, 0.3) is 5.69 Å². The molecule has 0 saturated carbocycles. The number of carbonyl (C=O) groups is 1. The lowest BCUT2D eigenvalue weighted by molar-refractivity contribution is -0.385. The van der Waals surface area contributed by atoms with Crippen molar-refractivity contribution in [2.45, 2.75) is 26.8 Å². The minimum Gasteiger partial charge on any atom is -0.460 e. The fourth-order valence-electron chi connectivity index (χ4n) is 3.82. The van der Waals surface area contributed by atoms with Crippen molar-refractivity contribution in [3.63, 3.8) is 0 Å². The van der Waals surface area contributed by atoms with Gasteiger partial charge in [-0.3, -0.25) is 15.0 Å². The molecule has 0 aromatic heterocycles. The smallest absolute Gasteiger partial charge is 0.338 e. The zero-order valence-corrected chi connectivity index (χ0v) is 19.2. The van der Waals surface area contributed by atoms with E-state index < -0.39 is 16.9 Å². The lowest BCUT2D eigenvalue weighted by Gasteiger charge is -2.37. The maximum Gasteiger partial charge on any atom is 0.338 e. The van der Waals surface area contributed by atoms with Crippen LogP contribution in [-0.4, -0.2) is 36.3 Å². The molecule has 0 amide bonds. The Morgan fingerprint density at radius 3 is 2.44 bits per heavy atom. The average Bonchev–Trinajstić information content (AvgIpc) is 2.72. The topological polar surface area (TPSA) is 93.9 Å². The molecule has 2 aromatic rings. The number of allylic oxidation sites excluding steroid dienone is 1. The molecule has 1 heterocycles. The molecule has 32 heavy (non-hydrogen) atoms. The summed E-state index contributed by atoms with van der Waals surface area (Å²) in [6, 6.07) is 11.4. The van der Waals surface area contributed by atoms with Crippen molar-refractivity contribution in [3.8, 4) is 0 Å². The van der Waals surface area contributed by atoms with E-state index in [2.05, 4.69) is 5.32 Å². The highest BCUT2D eigenvalue weighted by Crippen LogP contribution is 2.37. The molecule has 0 bridgehead atoms. The third kappa shape index (κ3) is 4.79. The van der Waals surface area contributed by atoms with Crippen LogP contribution >= 0.6 is 12.2 Å². The summed E-state index contributed by atoms with van der Waals surface area (Å²) in [4.78, 5) is 26.1. The molecule has 9 heteroatoms. The number of nitrogens with one attached hydrogen (secondary N) is 1. The number of aryl methyl sites for hydroxylation is 2. The largest absolute Gasteiger partial charge is 0.460 e. The van der Waals surface area contributed by atoms with Crippen LogP contribution in [0.15, 0.2) is 53.7 Å². The number of hydrogen-bond donors (Lipinski definition) is 1. The van der Waals surface area contributed by atoms with E-state index in [1.807, 2.05) is 32.0 Å². The second-order valence-corrected chi connectivity index (χ2v) is 7.89. The number of thiocarbonyl (C=S) groups is 1. The number of rotatable bonds is 7. The van der Waals surface area contributed by atoms with E-state index in [0.717, 1.165) is 16.8 Å². The second-order valence-electron chi connectivity index (χ2n) is 7.51. The van der Waals surface area contributed by atoms with Crippen LogP contribution < -0.4 is 10.2 Å². The number of anilines is 1. The van der Waals surface area contributed by atoms with Gasteiger partial charge in [-0.2, -0.15) is 0 Å². The SMILES string of the molecule is COCCOC(=O)C1=C(C)N(c2cc(C)cc(C)c2)C(=S)NC1c1ccccc1[N+](=O)[O-]. The zero-order chi connectivity index (χ0) is 23.4. The highest BCUT2D eigenvalue weighted by atomic mass is 32.1. The van der Waals surface area contributed by atoms with Gasteiger partial charge in [0.2, 0.25) is 0 Å². The number of nitro groups is 1. The summed E-state index contributed by atoms with van der Waals surface area (Å²) in [5.41, 5.74) is 3.90. The van der Waals surface area contributed by atoms with Gasteiger partial charge in [-0.1, -0.05) is 18.2 Å². The van der Waals surface area contributed by atoms with Crippen LogP contribution in [-0.2, 0) is 14.3 Å². The molecule has 1 N–H and O–H groups in total. The van der Waals surface area contributed by atoms with Crippen LogP contribution in [0.3, 0.4) is 0 Å². The first-order chi connectivity index (χ1) is 15.2. The summed E-state index contributed by atoms with van der Waals surface area (Å²) in [5.74, 6) is -0.591. The van der Waals surface area contributed by atoms with E-state index in [1.54, 1.807) is 30.0 Å². The number of nitrogens with zero attached hydrogens (tertiary/aromatic N) is 2. The molecule has 0 fully saturated rings. The monoisotopic (exact) mass is 455 g/mol. The molecule has 0 spiro atoms. The average molecular weight is 456 g/mol. The number of benzene rings is 2. The lowest BCUT2D eigenvalue weighted by Crippen LogP contribution is -2.48. The van der Waals surface area contributed by atoms with Crippen LogP contribution in [0.4, 0.5) is 11.4 Å². The first kappa shape index (κ1) is 23.4. The number of nitro benzene ring substituents is 1. The maximum absolute atomic E-state index is 13.2. The van der Waals surface area contributed by atoms with Crippen molar-refractivity contribution < 1.29 is 19.2 Å². The first-order valence-corrected chi connectivity index (χ1v) is 10.4. The van der Waals surface area contributed by atoms with Crippen LogP contribution in [0.2, 0.25) is 0 Å². The van der Waals surface area contributed by atoms with Gasteiger partial charge in [0.05, 0.1) is 28.7 Å². The summed E-state index contributed by atoms with van der Waals surface area (Å²) in [6.07, 6.45) is 0. The summed E-state index contributed by atoms with van der Waals surface area (Å²) in [7, 11) is 1.51. The molecule has 1 atom stereocenters. The summed E-state index contributed by atoms with van der Waals surface area (Å²) in [5, 5.41) is 15.1. The fraction of sp³-hybridized carbons (Fsp3) is 0.304. The van der Waals surface area contributed by atoms with E-state index in [1.165, 1.54) is 13.2 Å². The second kappa shape index (κ2) is 9.88. The van der Waals surface area contributed by atoms with Gasteiger partial charge >= 0.3 is 5.97 Å². The van der Waals surface area contributed by atoms with Crippen LogP contribution in [0.5, 0.6) is 0 Å². The Bertz CT molecular complexity index is 1080. The van der Waals surface area contributed by atoms with Gasteiger partial charge in [0, 0.05) is 24.6 Å². The highest BCUT2D eigenvalue weighted by Gasteiger charge is 2.38. The fourth-order valence-corrected chi connectivity index (χ4v) is 4.18. The van der Waals surface area contributed by atoms with Crippen molar-refractivity contribution in [3.05, 3.63) is 80.5 Å². The van der Waals surface area contributed by atoms with Crippen molar-refractivity contribution in [2.75, 3.05) is 25.2 Å². The van der Waals surface area contributed by atoms with Gasteiger partial charge in [0.1, 0.15) is 6.61 Å². The molecule has 3 rings (SSSR count). The van der Waals surface area contributed by atoms with Gasteiger partial charge < -0.3 is 14.8 Å². The number of esters is 1. The Morgan fingerprint density at radius 1 is 1.16 bits per heavy atom. The Morgan fingerprint density at radius 2 is 1.81 bits per heavy atom. The number of ether oxygens (including phenoxy) is 2. The Labute approximate surface area is 192 Å². The van der Waals surface area contributed by atoms with Gasteiger partial charge in [-0.25, -0.2) is 4.79 Å². The summed E-state index contributed by atoms with van der Waals surface area (Å²) < 4.78 is 10.4. The van der Waals surface area contributed by atoms with Crippen LogP contribution in [0.1, 0.15) is 29.7 Å². The lowest BCUT2D eigenvalue weighted by atomic mass is 9.93. The maximum atomic E-state index is 13.2. The number of methoxy groups -OCH3 is 1. The molecule has 1 aliphatic rings. The standard InChI is InChI=1S/C23H25N3O5S/c1-14-11-15(2)13-17(12-14)25-16(3)20(22(27)31-10-9-30-4)21(24-23(25)32)18-7-5-6-8-19(18)26(28)29/h5-8,11-13,21H,9-10H2,1-4H3,(H,24,32).